The summed E-state index contributed by atoms with van der Waals surface area (Å²) in [5.74, 6) is 0.333. The minimum Gasteiger partial charge on any atom is -0.353 e. The summed E-state index contributed by atoms with van der Waals surface area (Å²) in [6.07, 6.45) is 5.83. The summed E-state index contributed by atoms with van der Waals surface area (Å²) in [5.41, 5.74) is 7.18. The van der Waals surface area contributed by atoms with Gasteiger partial charge < -0.3 is 11.1 Å². The van der Waals surface area contributed by atoms with E-state index in [2.05, 4.69) is 10.2 Å². The maximum atomic E-state index is 12.9. The second-order valence-electron chi connectivity index (χ2n) is 7.30. The first-order chi connectivity index (χ1) is 11.6. The molecule has 3 N–H and O–H groups in total. The third kappa shape index (κ3) is 6.69. The minimum atomic E-state index is -0.192. The highest BCUT2D eigenvalue weighted by Gasteiger charge is 2.27. The van der Waals surface area contributed by atoms with Gasteiger partial charge in [-0.15, -0.1) is 24.8 Å². The van der Waals surface area contributed by atoms with E-state index >= 15 is 0 Å². The summed E-state index contributed by atoms with van der Waals surface area (Å²) in [6.45, 7) is 2.77. The van der Waals surface area contributed by atoms with Gasteiger partial charge in [0.05, 0.1) is 0 Å². The van der Waals surface area contributed by atoms with E-state index in [0.717, 1.165) is 57.3 Å². The number of amides is 1. The Morgan fingerprint density at radius 3 is 2.35 bits per heavy atom. The molecule has 1 aromatic carbocycles. The highest BCUT2D eigenvalue weighted by atomic mass is 35.5. The van der Waals surface area contributed by atoms with Crippen molar-refractivity contribution in [1.29, 1.82) is 0 Å². The predicted octanol–water partition coefficient (Wildman–Crippen LogP) is 3.27. The van der Waals surface area contributed by atoms with Crippen molar-refractivity contribution in [3.8, 4) is 0 Å². The number of benzene rings is 1. The normalized spacial score (nSPS) is 23.8. The van der Waals surface area contributed by atoms with E-state index in [1.165, 1.54) is 12.1 Å². The molecule has 1 aromatic rings. The number of piperidine rings is 1. The first-order valence-electron chi connectivity index (χ1n) is 9.12. The Hall–Kier alpha value is -0.880. The molecule has 26 heavy (non-hydrogen) atoms. The van der Waals surface area contributed by atoms with Crippen molar-refractivity contribution in [3.63, 3.8) is 0 Å². The monoisotopic (exact) mass is 405 g/mol. The van der Waals surface area contributed by atoms with Crippen molar-refractivity contribution < 1.29 is 9.18 Å². The van der Waals surface area contributed by atoms with Crippen LogP contribution in [0, 0.1) is 11.7 Å². The van der Waals surface area contributed by atoms with Crippen LogP contribution in [0.2, 0.25) is 0 Å². The fourth-order valence-electron chi connectivity index (χ4n) is 3.93. The number of nitrogens with one attached hydrogen (secondary N) is 1. The van der Waals surface area contributed by atoms with Crippen LogP contribution in [-0.2, 0) is 11.3 Å². The van der Waals surface area contributed by atoms with Crippen molar-refractivity contribution in [1.82, 2.24) is 10.2 Å². The maximum absolute atomic E-state index is 12.9. The Balaban J connectivity index is 0.00000169. The summed E-state index contributed by atoms with van der Waals surface area (Å²) in [6, 6.07) is 7.18. The number of carbonyl (C=O) groups is 1. The predicted molar refractivity (Wildman–Crippen MR) is 107 cm³/mol. The zero-order valence-electron chi connectivity index (χ0n) is 15.0. The van der Waals surface area contributed by atoms with Gasteiger partial charge in [0.1, 0.15) is 5.82 Å². The lowest BCUT2D eigenvalue weighted by Gasteiger charge is -2.32. The Morgan fingerprint density at radius 1 is 1.12 bits per heavy atom. The molecule has 2 atom stereocenters. The largest absolute Gasteiger partial charge is 0.353 e. The average Bonchev–Trinajstić information content (AvgIpc) is 2.96. The van der Waals surface area contributed by atoms with Gasteiger partial charge in [0, 0.05) is 38.1 Å². The zero-order valence-corrected chi connectivity index (χ0v) is 16.7. The fourth-order valence-corrected chi connectivity index (χ4v) is 3.93. The Morgan fingerprint density at radius 2 is 1.77 bits per heavy atom. The van der Waals surface area contributed by atoms with Crippen LogP contribution in [0.3, 0.4) is 0 Å². The number of hydrogen-bond donors (Lipinski definition) is 2. The summed E-state index contributed by atoms with van der Waals surface area (Å²) in [4.78, 5) is 14.6. The van der Waals surface area contributed by atoms with E-state index in [1.54, 1.807) is 0 Å². The van der Waals surface area contributed by atoms with Crippen LogP contribution in [0.5, 0.6) is 0 Å². The highest BCUT2D eigenvalue weighted by Crippen LogP contribution is 2.26. The third-order valence-electron chi connectivity index (χ3n) is 5.44. The van der Waals surface area contributed by atoms with Crippen molar-refractivity contribution in [2.45, 2.75) is 57.2 Å². The Labute approximate surface area is 167 Å². The molecule has 0 unspecified atom stereocenters. The number of likely N-dealkylation sites (tertiary alicyclic amines) is 1. The maximum Gasteiger partial charge on any atom is 0.220 e. The second-order valence-corrected chi connectivity index (χ2v) is 7.30. The van der Waals surface area contributed by atoms with Gasteiger partial charge in [-0.3, -0.25) is 9.69 Å². The quantitative estimate of drug-likeness (QED) is 0.789. The van der Waals surface area contributed by atoms with Gasteiger partial charge in [-0.25, -0.2) is 4.39 Å². The van der Waals surface area contributed by atoms with E-state index in [-0.39, 0.29) is 48.6 Å². The van der Waals surface area contributed by atoms with E-state index in [1.807, 2.05) is 12.1 Å². The van der Waals surface area contributed by atoms with Gasteiger partial charge in [0.2, 0.25) is 5.91 Å². The lowest BCUT2D eigenvalue weighted by atomic mass is 9.98. The summed E-state index contributed by atoms with van der Waals surface area (Å²) < 4.78 is 12.9. The minimum absolute atomic E-state index is 0. The molecule has 0 aromatic heterocycles. The molecule has 1 amide bonds. The molecule has 1 saturated carbocycles. The van der Waals surface area contributed by atoms with Gasteiger partial charge in [0.25, 0.3) is 0 Å². The topological polar surface area (TPSA) is 58.4 Å². The van der Waals surface area contributed by atoms with Crippen LogP contribution < -0.4 is 11.1 Å². The van der Waals surface area contributed by atoms with Gasteiger partial charge in [-0.2, -0.15) is 0 Å². The summed E-state index contributed by atoms with van der Waals surface area (Å²) >= 11 is 0. The molecule has 0 bridgehead atoms. The SMILES string of the molecule is Cl.Cl.N[C@@H]1CCC[C@H]1CC(=O)NC1CCN(Cc2ccc(F)cc2)CC1. The van der Waals surface area contributed by atoms with Gasteiger partial charge in [-0.1, -0.05) is 18.6 Å². The lowest BCUT2D eigenvalue weighted by Crippen LogP contribution is -2.45. The number of halogens is 3. The fraction of sp³-hybridized carbons (Fsp3) is 0.632. The molecule has 1 aliphatic carbocycles. The molecule has 1 aliphatic heterocycles. The molecule has 2 aliphatic rings. The van der Waals surface area contributed by atoms with Crippen LogP contribution in [-0.4, -0.2) is 36.0 Å². The molecular formula is C19H30Cl2FN3O. The molecule has 148 valence electrons. The molecule has 1 saturated heterocycles. The first-order valence-corrected chi connectivity index (χ1v) is 9.12. The van der Waals surface area contributed by atoms with Gasteiger partial charge >= 0.3 is 0 Å². The molecule has 0 spiro atoms. The van der Waals surface area contributed by atoms with Crippen molar-refractivity contribution >= 4 is 30.7 Å². The lowest BCUT2D eigenvalue weighted by molar-refractivity contribution is -0.123. The number of carbonyl (C=O) groups excluding carboxylic acids is 1. The summed E-state index contributed by atoms with van der Waals surface area (Å²) in [7, 11) is 0. The highest BCUT2D eigenvalue weighted by molar-refractivity contribution is 5.85. The van der Waals surface area contributed by atoms with Crippen LogP contribution in [0.15, 0.2) is 24.3 Å². The van der Waals surface area contributed by atoms with Gasteiger partial charge in [-0.05, 0) is 49.3 Å². The number of rotatable bonds is 5. The number of hydrogen-bond acceptors (Lipinski definition) is 3. The second kappa shape index (κ2) is 11.1. The Bertz CT molecular complexity index is 550. The van der Waals surface area contributed by atoms with Crippen molar-refractivity contribution in [2.24, 2.45) is 11.7 Å². The van der Waals surface area contributed by atoms with Crippen molar-refractivity contribution in [2.75, 3.05) is 13.1 Å². The molecule has 7 heteroatoms. The molecule has 4 nitrogen and oxygen atoms in total. The standard InChI is InChI=1S/C19H28FN3O.2ClH/c20-16-6-4-14(5-7-16)13-23-10-8-17(9-11-23)22-19(24)12-15-2-1-3-18(15)21;;/h4-7,15,17-18H,1-3,8-13,21H2,(H,22,24);2*1H/t15-,18+;;/m0../s1. The van der Waals surface area contributed by atoms with Crippen LogP contribution >= 0.6 is 24.8 Å². The number of nitrogens with zero attached hydrogens (tertiary/aromatic N) is 1. The third-order valence-corrected chi connectivity index (χ3v) is 5.44. The zero-order chi connectivity index (χ0) is 16.9. The van der Waals surface area contributed by atoms with E-state index in [4.69, 9.17) is 5.73 Å². The van der Waals surface area contributed by atoms with Crippen molar-refractivity contribution in [3.05, 3.63) is 35.6 Å². The van der Waals surface area contributed by atoms with E-state index in [9.17, 15) is 9.18 Å². The first kappa shape index (κ1) is 23.2. The average molecular weight is 406 g/mol. The van der Waals surface area contributed by atoms with Gasteiger partial charge in [0.15, 0.2) is 0 Å². The molecule has 3 rings (SSSR count). The van der Waals surface area contributed by atoms with Crippen LogP contribution in [0.4, 0.5) is 4.39 Å². The smallest absolute Gasteiger partial charge is 0.220 e. The van der Waals surface area contributed by atoms with E-state index < -0.39 is 0 Å². The van der Waals surface area contributed by atoms with Crippen LogP contribution in [0.1, 0.15) is 44.1 Å². The van der Waals surface area contributed by atoms with E-state index in [0.29, 0.717) is 12.3 Å². The summed E-state index contributed by atoms with van der Waals surface area (Å²) in [5, 5.41) is 3.19. The molecule has 0 radical (unpaired) electrons. The molecule has 2 fully saturated rings. The van der Waals surface area contributed by atoms with Crippen LogP contribution in [0.25, 0.3) is 0 Å². The Kier molecular flexibility index (Phi) is 9.86. The number of nitrogens with two attached hydrogens (primary N) is 1. The molecule has 1 heterocycles. The molecular weight excluding hydrogens is 376 g/mol.